The van der Waals surface area contributed by atoms with Crippen LogP contribution in [0.2, 0.25) is 0 Å². The first-order chi connectivity index (χ1) is 15.7. The smallest absolute Gasteiger partial charge is 0.216 e. The maximum atomic E-state index is 15.3. The summed E-state index contributed by atoms with van der Waals surface area (Å²) in [4.78, 5) is 0. The first-order valence-electron chi connectivity index (χ1n) is 11.4. The van der Waals surface area contributed by atoms with E-state index >= 15 is 4.39 Å². The van der Waals surface area contributed by atoms with Gasteiger partial charge in [0.15, 0.2) is 6.20 Å². The zero-order valence-electron chi connectivity index (χ0n) is 19.9. The molecule has 33 heavy (non-hydrogen) atoms. The van der Waals surface area contributed by atoms with Crippen molar-refractivity contribution in [2.24, 2.45) is 12.5 Å². The van der Waals surface area contributed by atoms with Crippen molar-refractivity contribution >= 4 is 21.9 Å². The second-order valence-electron chi connectivity index (χ2n) is 10.2. The summed E-state index contributed by atoms with van der Waals surface area (Å²) in [7, 11) is 2.03. The van der Waals surface area contributed by atoms with Crippen molar-refractivity contribution in [3.8, 4) is 22.4 Å². The van der Waals surface area contributed by atoms with Crippen LogP contribution in [0.25, 0.3) is 44.3 Å². The van der Waals surface area contributed by atoms with E-state index in [9.17, 15) is 0 Å². The normalized spacial score (nSPS) is 12.1. The van der Waals surface area contributed by atoms with Gasteiger partial charge in [-0.1, -0.05) is 57.2 Å². The largest absolute Gasteiger partial charge is 0.454 e. The highest BCUT2D eigenvalue weighted by Crippen LogP contribution is 2.41. The molecule has 0 saturated carbocycles. The molecule has 3 aromatic carbocycles. The standard InChI is InChI=1S/C30H29FNO/c1-19-12-13-22-23-14-15-24(31)27(21-10-8-9-20(17-21)18-30(2,3)4)29(23)33-28(22)26(19)25-11-6-7-16-32(25)5/h6-17H,18H2,1-5H3/q+1. The molecule has 0 N–H and O–H groups in total. The summed E-state index contributed by atoms with van der Waals surface area (Å²) in [5, 5.41) is 1.93. The fourth-order valence-electron chi connectivity index (χ4n) is 4.80. The molecule has 0 radical (unpaired) electrons. The average molecular weight is 439 g/mol. The predicted molar refractivity (Wildman–Crippen MR) is 134 cm³/mol. The van der Waals surface area contributed by atoms with Crippen molar-refractivity contribution in [2.75, 3.05) is 0 Å². The first-order valence-corrected chi connectivity index (χ1v) is 11.4. The van der Waals surface area contributed by atoms with E-state index in [1.807, 2.05) is 43.6 Å². The van der Waals surface area contributed by atoms with Crippen molar-refractivity contribution in [1.82, 2.24) is 0 Å². The number of pyridine rings is 1. The monoisotopic (exact) mass is 438 g/mol. The van der Waals surface area contributed by atoms with E-state index in [0.29, 0.717) is 11.1 Å². The van der Waals surface area contributed by atoms with Crippen LogP contribution in [0.1, 0.15) is 31.9 Å². The molecule has 166 valence electrons. The maximum absolute atomic E-state index is 15.3. The van der Waals surface area contributed by atoms with Gasteiger partial charge in [0.1, 0.15) is 24.0 Å². The van der Waals surface area contributed by atoms with Gasteiger partial charge in [0, 0.05) is 22.9 Å². The molecular formula is C30H29FNO+. The summed E-state index contributed by atoms with van der Waals surface area (Å²) >= 11 is 0. The summed E-state index contributed by atoms with van der Waals surface area (Å²) in [6.45, 7) is 8.74. The van der Waals surface area contributed by atoms with Crippen LogP contribution < -0.4 is 4.57 Å². The Balaban J connectivity index is 1.79. The highest BCUT2D eigenvalue weighted by molar-refractivity contribution is 6.13. The maximum Gasteiger partial charge on any atom is 0.216 e. The van der Waals surface area contributed by atoms with E-state index in [-0.39, 0.29) is 11.2 Å². The number of benzene rings is 3. The van der Waals surface area contributed by atoms with Crippen LogP contribution in [0.15, 0.2) is 77.3 Å². The van der Waals surface area contributed by atoms with Crippen molar-refractivity contribution < 1.29 is 13.4 Å². The lowest BCUT2D eigenvalue weighted by atomic mass is 9.87. The summed E-state index contributed by atoms with van der Waals surface area (Å²) < 4.78 is 23.9. The molecule has 0 saturated heterocycles. The summed E-state index contributed by atoms with van der Waals surface area (Å²) in [5.41, 5.74) is 7.35. The number of fused-ring (bicyclic) bond motifs is 3. The van der Waals surface area contributed by atoms with Crippen LogP contribution >= 0.6 is 0 Å². The van der Waals surface area contributed by atoms with Crippen LogP contribution in [0.5, 0.6) is 0 Å². The Labute approximate surface area is 194 Å². The Morgan fingerprint density at radius 2 is 1.58 bits per heavy atom. The van der Waals surface area contributed by atoms with Gasteiger partial charge in [0.2, 0.25) is 5.69 Å². The quantitative estimate of drug-likeness (QED) is 0.263. The molecule has 0 amide bonds. The number of aryl methyl sites for hydroxylation is 2. The molecule has 2 nitrogen and oxygen atoms in total. The molecular weight excluding hydrogens is 409 g/mol. The molecule has 0 spiro atoms. The molecule has 2 heterocycles. The van der Waals surface area contributed by atoms with E-state index in [0.717, 1.165) is 45.2 Å². The fraction of sp³-hybridized carbons (Fsp3) is 0.233. The molecule has 0 aliphatic rings. The minimum absolute atomic E-state index is 0.153. The summed E-state index contributed by atoms with van der Waals surface area (Å²) in [5.74, 6) is -0.266. The van der Waals surface area contributed by atoms with E-state index in [1.165, 1.54) is 5.56 Å². The van der Waals surface area contributed by atoms with Crippen molar-refractivity contribution in [3.63, 3.8) is 0 Å². The summed E-state index contributed by atoms with van der Waals surface area (Å²) in [6.07, 6.45) is 2.95. The number of aromatic nitrogens is 1. The number of rotatable bonds is 3. The Bertz CT molecular complexity index is 1500. The molecule has 0 aliphatic heterocycles. The molecule has 0 aliphatic carbocycles. The van der Waals surface area contributed by atoms with Crippen LogP contribution in [0, 0.1) is 18.2 Å². The lowest BCUT2D eigenvalue weighted by Gasteiger charge is -2.18. The molecule has 0 bridgehead atoms. The first kappa shape index (κ1) is 21.4. The van der Waals surface area contributed by atoms with Crippen LogP contribution in [-0.2, 0) is 13.5 Å². The highest BCUT2D eigenvalue weighted by atomic mass is 19.1. The minimum Gasteiger partial charge on any atom is -0.454 e. The Morgan fingerprint density at radius 1 is 0.848 bits per heavy atom. The third-order valence-corrected chi connectivity index (χ3v) is 6.23. The van der Waals surface area contributed by atoms with Gasteiger partial charge in [0.25, 0.3) is 0 Å². The predicted octanol–water partition coefficient (Wildman–Crippen LogP) is 7.78. The SMILES string of the molecule is Cc1ccc2c(oc3c(-c4cccc(CC(C)(C)C)c4)c(F)ccc32)c1-c1cccc[n+]1C. The van der Waals surface area contributed by atoms with E-state index in [2.05, 4.69) is 62.6 Å². The van der Waals surface area contributed by atoms with Gasteiger partial charge in [-0.25, -0.2) is 8.96 Å². The molecule has 3 heteroatoms. The van der Waals surface area contributed by atoms with Crippen molar-refractivity contribution in [2.45, 2.75) is 34.1 Å². The third kappa shape index (κ3) is 3.82. The van der Waals surface area contributed by atoms with Gasteiger partial charge in [-0.15, -0.1) is 0 Å². The Morgan fingerprint density at radius 3 is 2.30 bits per heavy atom. The van der Waals surface area contributed by atoms with Crippen LogP contribution in [0.4, 0.5) is 4.39 Å². The van der Waals surface area contributed by atoms with Crippen molar-refractivity contribution in [1.29, 1.82) is 0 Å². The minimum atomic E-state index is -0.266. The lowest BCUT2D eigenvalue weighted by Crippen LogP contribution is -2.30. The molecule has 5 rings (SSSR count). The van der Waals surface area contributed by atoms with Crippen molar-refractivity contribution in [3.05, 3.63) is 89.9 Å². The van der Waals surface area contributed by atoms with Gasteiger partial charge in [-0.05, 0) is 53.6 Å². The van der Waals surface area contributed by atoms with E-state index in [4.69, 9.17) is 4.42 Å². The van der Waals surface area contributed by atoms with Gasteiger partial charge < -0.3 is 4.42 Å². The number of hydrogen-bond donors (Lipinski definition) is 0. The Hall–Kier alpha value is -3.46. The zero-order chi connectivity index (χ0) is 23.3. The number of nitrogens with zero attached hydrogens (tertiary/aromatic N) is 1. The fourth-order valence-corrected chi connectivity index (χ4v) is 4.80. The number of furan rings is 1. The molecule has 2 aromatic heterocycles. The van der Waals surface area contributed by atoms with Gasteiger partial charge >= 0.3 is 0 Å². The zero-order valence-corrected chi connectivity index (χ0v) is 19.9. The molecule has 0 fully saturated rings. The third-order valence-electron chi connectivity index (χ3n) is 6.23. The van der Waals surface area contributed by atoms with Crippen LogP contribution in [0.3, 0.4) is 0 Å². The van der Waals surface area contributed by atoms with Crippen LogP contribution in [-0.4, -0.2) is 0 Å². The summed E-state index contributed by atoms with van der Waals surface area (Å²) in [6, 6.07) is 21.9. The number of halogens is 1. The van der Waals surface area contributed by atoms with E-state index < -0.39 is 0 Å². The molecule has 0 unspecified atom stereocenters. The Kier molecular flexibility index (Phi) is 5.08. The number of hydrogen-bond acceptors (Lipinski definition) is 1. The molecule has 5 aromatic rings. The van der Waals surface area contributed by atoms with Gasteiger partial charge in [-0.3, -0.25) is 0 Å². The van der Waals surface area contributed by atoms with E-state index in [1.54, 1.807) is 6.07 Å². The highest BCUT2D eigenvalue weighted by Gasteiger charge is 2.23. The second-order valence-corrected chi connectivity index (χ2v) is 10.2. The average Bonchev–Trinajstić information content (AvgIpc) is 3.11. The lowest BCUT2D eigenvalue weighted by molar-refractivity contribution is -0.660. The molecule has 0 atom stereocenters. The van der Waals surface area contributed by atoms with Gasteiger partial charge in [-0.2, -0.15) is 0 Å². The second kappa shape index (κ2) is 7.84. The topological polar surface area (TPSA) is 17.0 Å². The van der Waals surface area contributed by atoms with Gasteiger partial charge in [0.05, 0.1) is 11.1 Å².